The first kappa shape index (κ1) is 23.7. The lowest BCUT2D eigenvalue weighted by atomic mass is 10.1. The Kier molecular flexibility index (Phi) is 6.59. The van der Waals surface area contributed by atoms with Crippen molar-refractivity contribution < 1.29 is 27.4 Å². The number of imidazole rings is 1. The van der Waals surface area contributed by atoms with Gasteiger partial charge >= 0.3 is 6.18 Å². The highest BCUT2D eigenvalue weighted by Gasteiger charge is 2.38. The second kappa shape index (κ2) is 9.44. The van der Waals surface area contributed by atoms with Gasteiger partial charge < -0.3 is 14.8 Å². The second-order valence-corrected chi connectivity index (χ2v) is 7.77. The van der Waals surface area contributed by atoms with Gasteiger partial charge in [0, 0.05) is 10.5 Å². The molecule has 2 heterocycles. The summed E-state index contributed by atoms with van der Waals surface area (Å²) in [4.78, 5) is 24.7. The number of rotatable bonds is 6. The predicted molar refractivity (Wildman–Crippen MR) is 127 cm³/mol. The minimum atomic E-state index is -4.74. The van der Waals surface area contributed by atoms with Crippen LogP contribution in [0.3, 0.4) is 0 Å². The van der Waals surface area contributed by atoms with Crippen molar-refractivity contribution in [2.24, 2.45) is 0 Å². The van der Waals surface area contributed by atoms with Crippen LogP contribution in [0.15, 0.2) is 48.8 Å². The maximum atomic E-state index is 13.7. The summed E-state index contributed by atoms with van der Waals surface area (Å²) in [6.07, 6.45) is -2.42. The van der Waals surface area contributed by atoms with Crippen LogP contribution >= 0.6 is 22.6 Å². The second-order valence-electron chi connectivity index (χ2n) is 7.01. The van der Waals surface area contributed by atoms with E-state index in [1.165, 1.54) is 38.6 Å². The smallest absolute Gasteiger partial charge is 0.450 e. The van der Waals surface area contributed by atoms with E-state index in [2.05, 4.69) is 42.9 Å². The molecule has 8 nitrogen and oxygen atoms in total. The van der Waals surface area contributed by atoms with Crippen LogP contribution in [-0.4, -0.2) is 39.6 Å². The normalized spacial score (nSPS) is 11.5. The number of nitrogens with zero attached hydrogens (tertiary/aromatic N) is 4. The van der Waals surface area contributed by atoms with Crippen molar-refractivity contribution in [3.8, 4) is 17.3 Å². The molecular weight excluding hydrogens is 566 g/mol. The molecule has 0 atom stereocenters. The highest BCUT2D eigenvalue weighted by molar-refractivity contribution is 14.1. The maximum absolute atomic E-state index is 13.7. The molecular formula is C22H17F3IN5O3. The average molecular weight is 583 g/mol. The molecule has 176 valence electrons. The quantitative estimate of drug-likeness (QED) is 0.253. The average Bonchev–Trinajstić information content (AvgIpc) is 3.23. The summed E-state index contributed by atoms with van der Waals surface area (Å²) in [5.41, 5.74) is 1.50. The van der Waals surface area contributed by atoms with E-state index in [1.54, 1.807) is 12.1 Å². The Morgan fingerprint density at radius 1 is 1.09 bits per heavy atom. The lowest BCUT2D eigenvalue weighted by Crippen LogP contribution is -2.16. The minimum Gasteiger partial charge on any atom is -0.497 e. The Hall–Kier alpha value is -3.42. The number of ether oxygens (including phenoxy) is 2. The molecule has 0 bridgehead atoms. The number of aromatic nitrogens is 4. The highest BCUT2D eigenvalue weighted by atomic mass is 127. The Balaban J connectivity index is 1.68. The Bertz CT molecular complexity index is 1360. The third kappa shape index (κ3) is 4.62. The zero-order valence-electron chi connectivity index (χ0n) is 17.9. The topological polar surface area (TPSA) is 91.2 Å². The number of hydrogen-bond acceptors (Lipinski definition) is 6. The van der Waals surface area contributed by atoms with Gasteiger partial charge in [0.1, 0.15) is 11.5 Å². The van der Waals surface area contributed by atoms with Crippen LogP contribution < -0.4 is 14.8 Å². The SMILES string of the molecule is COc1ccc2c(c1)nc(C(F)(F)F)n2-c1cnc(NC(=O)c2cc(CI)ccc2OC)cn1. The van der Waals surface area contributed by atoms with Crippen LogP contribution in [0.4, 0.5) is 19.0 Å². The molecule has 0 aliphatic rings. The van der Waals surface area contributed by atoms with Gasteiger partial charge in [0.2, 0.25) is 5.82 Å². The molecule has 4 aromatic rings. The van der Waals surface area contributed by atoms with Crippen LogP contribution in [0.25, 0.3) is 16.9 Å². The molecule has 12 heteroatoms. The van der Waals surface area contributed by atoms with Crippen molar-refractivity contribution in [2.75, 3.05) is 19.5 Å². The van der Waals surface area contributed by atoms with E-state index in [-0.39, 0.29) is 22.7 Å². The van der Waals surface area contributed by atoms with Gasteiger partial charge in [-0.15, -0.1) is 0 Å². The zero-order chi connectivity index (χ0) is 24.5. The maximum Gasteiger partial charge on any atom is 0.450 e. The zero-order valence-corrected chi connectivity index (χ0v) is 20.0. The molecule has 4 rings (SSSR count). The van der Waals surface area contributed by atoms with Crippen molar-refractivity contribution in [1.29, 1.82) is 0 Å². The van der Waals surface area contributed by atoms with Gasteiger partial charge in [0.15, 0.2) is 11.6 Å². The number of hydrogen-bond donors (Lipinski definition) is 1. The molecule has 0 unspecified atom stereocenters. The highest BCUT2D eigenvalue weighted by Crippen LogP contribution is 2.34. The number of anilines is 1. The lowest BCUT2D eigenvalue weighted by Gasteiger charge is -2.12. The summed E-state index contributed by atoms with van der Waals surface area (Å²) in [6, 6.07) is 9.62. The number of amides is 1. The summed E-state index contributed by atoms with van der Waals surface area (Å²) in [6.45, 7) is 0. The predicted octanol–water partition coefficient (Wildman–Crippen LogP) is 5.04. The molecule has 1 amide bonds. The summed E-state index contributed by atoms with van der Waals surface area (Å²) in [5, 5.41) is 2.60. The number of methoxy groups -OCH3 is 2. The third-order valence-corrected chi connectivity index (χ3v) is 5.77. The molecule has 0 radical (unpaired) electrons. The molecule has 0 saturated carbocycles. The van der Waals surface area contributed by atoms with Gasteiger partial charge in [-0.05, 0) is 29.8 Å². The summed E-state index contributed by atoms with van der Waals surface area (Å²) in [7, 11) is 2.86. The Morgan fingerprint density at radius 3 is 2.50 bits per heavy atom. The summed E-state index contributed by atoms with van der Waals surface area (Å²) >= 11 is 2.18. The molecule has 0 fully saturated rings. The van der Waals surface area contributed by atoms with E-state index in [1.807, 2.05) is 6.07 Å². The fraction of sp³-hybridized carbons (Fsp3) is 0.182. The lowest BCUT2D eigenvalue weighted by molar-refractivity contribution is -0.145. The van der Waals surface area contributed by atoms with E-state index in [0.717, 1.165) is 16.3 Å². The van der Waals surface area contributed by atoms with Crippen LogP contribution in [0.2, 0.25) is 0 Å². The van der Waals surface area contributed by atoms with Gasteiger partial charge in [-0.3, -0.25) is 9.36 Å². The standard InChI is InChI=1S/C22H17F3IN5O3/c1-33-13-4-5-16-15(8-13)29-21(22(23,24)25)31(16)19-11-27-18(10-28-19)30-20(32)14-7-12(9-26)3-6-17(14)34-2/h3-8,10-11H,9H2,1-2H3,(H,27,30,32). The summed E-state index contributed by atoms with van der Waals surface area (Å²) < 4.78 is 53.0. The van der Waals surface area contributed by atoms with Crippen LogP contribution in [0, 0.1) is 0 Å². The molecule has 1 N–H and O–H groups in total. The van der Waals surface area contributed by atoms with Crippen LogP contribution in [0.1, 0.15) is 21.7 Å². The van der Waals surface area contributed by atoms with Crippen LogP contribution in [-0.2, 0) is 10.6 Å². The Labute approximate surface area is 205 Å². The molecule has 0 saturated heterocycles. The van der Waals surface area contributed by atoms with Gasteiger partial charge in [-0.25, -0.2) is 15.0 Å². The Morgan fingerprint density at radius 2 is 1.88 bits per heavy atom. The fourth-order valence-corrected chi connectivity index (χ4v) is 3.78. The molecule has 0 aliphatic heterocycles. The number of carbonyl (C=O) groups excluding carboxylic acids is 1. The molecule has 2 aromatic carbocycles. The van der Waals surface area contributed by atoms with E-state index < -0.39 is 17.9 Å². The molecule has 0 spiro atoms. The minimum absolute atomic E-state index is 0.0651. The van der Waals surface area contributed by atoms with Crippen molar-refractivity contribution in [2.45, 2.75) is 10.6 Å². The third-order valence-electron chi connectivity index (χ3n) is 4.89. The number of nitrogens with one attached hydrogen (secondary N) is 1. The summed E-state index contributed by atoms with van der Waals surface area (Å²) in [5.74, 6) is -0.926. The first-order valence-electron chi connectivity index (χ1n) is 9.75. The van der Waals surface area contributed by atoms with Gasteiger partial charge in [0.05, 0.1) is 43.2 Å². The molecule has 2 aromatic heterocycles. The number of halogens is 4. The van der Waals surface area contributed by atoms with E-state index in [0.29, 0.717) is 21.5 Å². The molecule has 0 aliphatic carbocycles. The number of carbonyl (C=O) groups is 1. The number of fused-ring (bicyclic) bond motifs is 1. The number of alkyl halides is 4. The van der Waals surface area contributed by atoms with E-state index in [4.69, 9.17) is 9.47 Å². The molecule has 34 heavy (non-hydrogen) atoms. The fourth-order valence-electron chi connectivity index (χ4n) is 3.31. The van der Waals surface area contributed by atoms with Gasteiger partial charge in [0.25, 0.3) is 5.91 Å². The van der Waals surface area contributed by atoms with Gasteiger partial charge in [-0.2, -0.15) is 13.2 Å². The first-order chi connectivity index (χ1) is 16.2. The first-order valence-corrected chi connectivity index (χ1v) is 11.3. The van der Waals surface area contributed by atoms with Gasteiger partial charge in [-0.1, -0.05) is 28.7 Å². The van der Waals surface area contributed by atoms with Crippen molar-refractivity contribution in [1.82, 2.24) is 19.5 Å². The monoisotopic (exact) mass is 583 g/mol. The van der Waals surface area contributed by atoms with Crippen molar-refractivity contribution >= 4 is 45.3 Å². The van der Waals surface area contributed by atoms with Crippen molar-refractivity contribution in [3.63, 3.8) is 0 Å². The van der Waals surface area contributed by atoms with Crippen molar-refractivity contribution in [3.05, 3.63) is 65.7 Å². The van der Waals surface area contributed by atoms with E-state index >= 15 is 0 Å². The van der Waals surface area contributed by atoms with E-state index in [9.17, 15) is 18.0 Å². The largest absolute Gasteiger partial charge is 0.497 e. The van der Waals surface area contributed by atoms with Crippen LogP contribution in [0.5, 0.6) is 11.5 Å². The number of benzene rings is 2.